The summed E-state index contributed by atoms with van der Waals surface area (Å²) in [6.07, 6.45) is 2.74. The van der Waals surface area contributed by atoms with Crippen molar-refractivity contribution in [2.45, 2.75) is 43.4 Å². The van der Waals surface area contributed by atoms with Crippen molar-refractivity contribution < 1.29 is 31.5 Å². The first-order valence-electron chi connectivity index (χ1n) is 14.8. The van der Waals surface area contributed by atoms with Gasteiger partial charge in [0.05, 0.1) is 42.0 Å². The van der Waals surface area contributed by atoms with E-state index < -0.39 is 46.8 Å². The summed E-state index contributed by atoms with van der Waals surface area (Å²) in [5.74, 6) is -4.02. The molecule has 0 amide bonds. The molecule has 0 spiro atoms. The maximum Gasteiger partial charge on any atom is 0.161 e. The molecule has 46 heavy (non-hydrogen) atoms. The van der Waals surface area contributed by atoms with E-state index >= 15 is 4.39 Å². The van der Waals surface area contributed by atoms with Crippen LogP contribution in [-0.2, 0) is 22.4 Å². The molecule has 3 aromatic carbocycles. The van der Waals surface area contributed by atoms with Crippen molar-refractivity contribution in [2.75, 3.05) is 13.2 Å². The van der Waals surface area contributed by atoms with Crippen LogP contribution >= 0.6 is 0 Å². The molecule has 7 nitrogen and oxygen atoms in total. The zero-order chi connectivity index (χ0) is 32.4. The Hall–Kier alpha value is -4.52. The molecule has 0 aliphatic carbocycles. The molecule has 1 fully saturated rings. The summed E-state index contributed by atoms with van der Waals surface area (Å²) in [6.45, 7) is 0.635. The SMILES string of the molecule is N[C@H](C(=O)Cc1cncc(F)c1CC[C@@H]1CN[C@H](c2nc3cc(F)c(F)cc3[nH]2)CO1)C(c1ccc(F)cc1)c1ccc(F)cc1. The van der Waals surface area contributed by atoms with Crippen molar-refractivity contribution in [3.8, 4) is 0 Å². The van der Waals surface area contributed by atoms with Gasteiger partial charge >= 0.3 is 0 Å². The topological polar surface area (TPSA) is 106 Å². The number of benzene rings is 3. The molecule has 5 aromatic rings. The van der Waals surface area contributed by atoms with Crippen LogP contribution in [0.5, 0.6) is 0 Å². The van der Waals surface area contributed by atoms with Gasteiger partial charge in [-0.3, -0.25) is 9.78 Å². The van der Waals surface area contributed by atoms with Crippen LogP contribution in [0.2, 0.25) is 0 Å². The van der Waals surface area contributed by atoms with E-state index in [1.165, 1.54) is 54.7 Å². The standard InChI is InChI=1S/C34H30F5N5O2/c35-21-5-1-18(2-6-21)32(19-3-7-22(36)8-4-19)33(40)31(45)11-20-14-41-16-27(39)24(20)10-9-23-15-42-30(17-46-23)34-43-28-12-25(37)26(38)13-29(28)44-34/h1-8,12-14,16,23,30,32-33,42H,9-11,15,17,40H2,(H,43,44)/t23-,30+,33-/m1/s1. The molecule has 3 heterocycles. The number of ketones is 1. The van der Waals surface area contributed by atoms with E-state index in [4.69, 9.17) is 10.5 Å². The summed E-state index contributed by atoms with van der Waals surface area (Å²) in [5.41, 5.74) is 9.04. The van der Waals surface area contributed by atoms with Crippen LogP contribution in [0.4, 0.5) is 22.0 Å². The molecule has 1 saturated heterocycles. The molecular formula is C34H30F5N5O2. The summed E-state index contributed by atoms with van der Waals surface area (Å²) in [7, 11) is 0. The fourth-order valence-corrected chi connectivity index (χ4v) is 5.85. The maximum absolute atomic E-state index is 15.1. The first-order chi connectivity index (χ1) is 22.2. The Labute approximate surface area is 261 Å². The number of hydrogen-bond donors (Lipinski definition) is 3. The van der Waals surface area contributed by atoms with Crippen LogP contribution in [0.1, 0.15) is 46.5 Å². The lowest BCUT2D eigenvalue weighted by Gasteiger charge is -2.29. The molecular weight excluding hydrogens is 605 g/mol. The number of rotatable bonds is 10. The van der Waals surface area contributed by atoms with E-state index in [0.717, 1.165) is 18.3 Å². The minimum atomic E-state index is -1.10. The lowest BCUT2D eigenvalue weighted by Crippen LogP contribution is -2.41. The van der Waals surface area contributed by atoms with Gasteiger partial charge in [0.25, 0.3) is 0 Å². The number of carbonyl (C=O) groups is 1. The van der Waals surface area contributed by atoms with Gasteiger partial charge in [-0.15, -0.1) is 0 Å². The average molecular weight is 636 g/mol. The van der Waals surface area contributed by atoms with Crippen LogP contribution in [0.15, 0.2) is 73.1 Å². The lowest BCUT2D eigenvalue weighted by atomic mass is 9.82. The highest BCUT2D eigenvalue weighted by Crippen LogP contribution is 2.30. The number of halogens is 5. The zero-order valence-corrected chi connectivity index (χ0v) is 24.5. The molecule has 0 saturated carbocycles. The smallest absolute Gasteiger partial charge is 0.161 e. The van der Waals surface area contributed by atoms with Gasteiger partial charge in [0.1, 0.15) is 23.3 Å². The van der Waals surface area contributed by atoms with Crippen molar-refractivity contribution in [1.29, 1.82) is 0 Å². The number of ether oxygens (including phenoxy) is 1. The first-order valence-corrected chi connectivity index (χ1v) is 14.8. The molecule has 12 heteroatoms. The molecule has 0 bridgehead atoms. The number of carbonyl (C=O) groups excluding carboxylic acids is 1. The van der Waals surface area contributed by atoms with Gasteiger partial charge in [0, 0.05) is 37.2 Å². The molecule has 238 valence electrons. The predicted molar refractivity (Wildman–Crippen MR) is 160 cm³/mol. The summed E-state index contributed by atoms with van der Waals surface area (Å²) >= 11 is 0. The molecule has 3 atom stereocenters. The highest BCUT2D eigenvalue weighted by Gasteiger charge is 2.30. The number of pyridine rings is 1. The number of nitrogens with two attached hydrogens (primary N) is 1. The minimum Gasteiger partial charge on any atom is -0.375 e. The molecule has 0 radical (unpaired) electrons. The molecule has 6 rings (SSSR count). The normalized spacial score (nSPS) is 17.5. The van der Waals surface area contributed by atoms with E-state index in [0.29, 0.717) is 52.1 Å². The summed E-state index contributed by atoms with van der Waals surface area (Å²) in [6, 6.07) is 11.8. The Kier molecular flexibility index (Phi) is 9.20. The number of H-pyrrole nitrogens is 1. The van der Waals surface area contributed by atoms with Gasteiger partial charge in [0.15, 0.2) is 17.4 Å². The number of imidazole rings is 1. The molecule has 1 aliphatic heterocycles. The second-order valence-electron chi connectivity index (χ2n) is 11.4. The fourth-order valence-electron chi connectivity index (χ4n) is 5.85. The second kappa shape index (κ2) is 13.5. The Balaban J connectivity index is 1.12. The van der Waals surface area contributed by atoms with Crippen LogP contribution in [0, 0.1) is 29.1 Å². The third kappa shape index (κ3) is 6.84. The first kappa shape index (κ1) is 31.5. The van der Waals surface area contributed by atoms with E-state index in [2.05, 4.69) is 20.3 Å². The molecule has 4 N–H and O–H groups in total. The number of fused-ring (bicyclic) bond motifs is 1. The van der Waals surface area contributed by atoms with Crippen LogP contribution < -0.4 is 11.1 Å². The van der Waals surface area contributed by atoms with Gasteiger partial charge in [-0.2, -0.15) is 0 Å². The fraction of sp³-hybridized carbons (Fsp3) is 0.265. The lowest BCUT2D eigenvalue weighted by molar-refractivity contribution is -0.119. The van der Waals surface area contributed by atoms with Gasteiger partial charge in [-0.05, 0) is 59.4 Å². The van der Waals surface area contributed by atoms with Crippen molar-refractivity contribution in [2.24, 2.45) is 5.73 Å². The minimum absolute atomic E-state index is 0.195. The monoisotopic (exact) mass is 635 g/mol. The van der Waals surface area contributed by atoms with Gasteiger partial charge in [-0.1, -0.05) is 24.3 Å². The average Bonchev–Trinajstić information content (AvgIpc) is 3.45. The Morgan fingerprint density at radius 2 is 1.57 bits per heavy atom. The maximum atomic E-state index is 15.1. The van der Waals surface area contributed by atoms with E-state index in [1.54, 1.807) is 0 Å². The quantitative estimate of drug-likeness (QED) is 0.173. The highest BCUT2D eigenvalue weighted by molar-refractivity contribution is 5.87. The number of morpholine rings is 1. The third-order valence-electron chi connectivity index (χ3n) is 8.33. The number of nitrogens with zero attached hydrogens (tertiary/aromatic N) is 2. The van der Waals surface area contributed by atoms with Gasteiger partial charge < -0.3 is 20.8 Å². The predicted octanol–water partition coefficient (Wildman–Crippen LogP) is 5.59. The summed E-state index contributed by atoms with van der Waals surface area (Å²) < 4.78 is 75.6. The summed E-state index contributed by atoms with van der Waals surface area (Å²) in [4.78, 5) is 24.9. The van der Waals surface area contributed by atoms with E-state index in [-0.39, 0.29) is 31.6 Å². The molecule has 2 aromatic heterocycles. The Bertz CT molecular complexity index is 1760. The molecule has 1 aliphatic rings. The number of aromatic amines is 1. The Morgan fingerprint density at radius 1 is 0.913 bits per heavy atom. The Morgan fingerprint density at radius 3 is 2.20 bits per heavy atom. The van der Waals surface area contributed by atoms with Crippen LogP contribution in [0.25, 0.3) is 11.0 Å². The number of hydrogen-bond acceptors (Lipinski definition) is 6. The molecule has 0 unspecified atom stereocenters. The number of Topliss-reactive ketones (excluding diaryl/α,β-unsaturated/α-hetero) is 1. The van der Waals surface area contributed by atoms with Gasteiger partial charge in [-0.25, -0.2) is 26.9 Å². The zero-order valence-electron chi connectivity index (χ0n) is 24.5. The van der Waals surface area contributed by atoms with Crippen LogP contribution in [0.3, 0.4) is 0 Å². The summed E-state index contributed by atoms with van der Waals surface area (Å²) in [5, 5.41) is 3.31. The van der Waals surface area contributed by atoms with E-state index in [1.807, 2.05) is 0 Å². The second-order valence-corrected chi connectivity index (χ2v) is 11.4. The van der Waals surface area contributed by atoms with Crippen molar-refractivity contribution in [1.82, 2.24) is 20.3 Å². The van der Waals surface area contributed by atoms with Crippen molar-refractivity contribution in [3.63, 3.8) is 0 Å². The van der Waals surface area contributed by atoms with Gasteiger partial charge in [0.2, 0.25) is 0 Å². The third-order valence-corrected chi connectivity index (χ3v) is 8.33. The highest BCUT2D eigenvalue weighted by atomic mass is 19.2. The van der Waals surface area contributed by atoms with E-state index in [9.17, 15) is 22.4 Å². The largest absolute Gasteiger partial charge is 0.375 e. The number of nitrogens with one attached hydrogen (secondary N) is 2. The van der Waals surface area contributed by atoms with Crippen molar-refractivity contribution in [3.05, 3.63) is 130 Å². The number of aromatic nitrogens is 3. The van der Waals surface area contributed by atoms with Crippen LogP contribution in [-0.4, -0.2) is 46.0 Å². The van der Waals surface area contributed by atoms with Crippen molar-refractivity contribution >= 4 is 16.8 Å².